The van der Waals surface area contributed by atoms with E-state index in [0.29, 0.717) is 6.54 Å². The van der Waals surface area contributed by atoms with Crippen molar-refractivity contribution < 1.29 is 9.90 Å². The molecule has 0 aliphatic heterocycles. The van der Waals surface area contributed by atoms with Crippen LogP contribution in [-0.4, -0.2) is 15.6 Å². The summed E-state index contributed by atoms with van der Waals surface area (Å²) in [6, 6.07) is 9.80. The van der Waals surface area contributed by atoms with Gasteiger partial charge >= 0.3 is 5.97 Å². The van der Waals surface area contributed by atoms with Gasteiger partial charge in [-0.2, -0.15) is 0 Å². The molecule has 0 saturated heterocycles. The average molecular weight is 385 g/mol. The Bertz CT molecular complexity index is 824. The van der Waals surface area contributed by atoms with Crippen LogP contribution in [0.2, 0.25) is 4.34 Å². The van der Waals surface area contributed by atoms with Crippen LogP contribution in [0.3, 0.4) is 0 Å². The van der Waals surface area contributed by atoms with Gasteiger partial charge in [0.1, 0.15) is 0 Å². The van der Waals surface area contributed by atoms with Crippen molar-refractivity contribution >= 4 is 55.7 Å². The van der Waals surface area contributed by atoms with Gasteiger partial charge in [-0.15, -0.1) is 11.3 Å². The van der Waals surface area contributed by atoms with Crippen LogP contribution in [0.15, 0.2) is 41.0 Å². The predicted molar refractivity (Wildman–Crippen MR) is 89.4 cm³/mol. The molecule has 1 aromatic carbocycles. The molecule has 3 rings (SSSR count). The number of aliphatic carboxylic acids is 1. The number of carboxylic acids is 1. The average Bonchev–Trinajstić information content (AvgIpc) is 2.95. The van der Waals surface area contributed by atoms with Gasteiger partial charge in [-0.25, -0.2) is 0 Å². The number of hydrogen-bond acceptors (Lipinski definition) is 2. The zero-order chi connectivity index (χ0) is 15.0. The Morgan fingerprint density at radius 3 is 2.81 bits per heavy atom. The van der Waals surface area contributed by atoms with Crippen molar-refractivity contribution in [2.75, 3.05) is 0 Å². The molecule has 21 heavy (non-hydrogen) atoms. The van der Waals surface area contributed by atoms with Gasteiger partial charge in [0.2, 0.25) is 0 Å². The molecular weight excluding hydrogens is 374 g/mol. The van der Waals surface area contributed by atoms with Crippen LogP contribution in [-0.2, 0) is 17.8 Å². The first kappa shape index (κ1) is 14.6. The molecule has 0 aliphatic rings. The summed E-state index contributed by atoms with van der Waals surface area (Å²) in [5.74, 6) is -0.826. The summed E-state index contributed by atoms with van der Waals surface area (Å²) >= 11 is 10.9. The minimum absolute atomic E-state index is 0.0190. The third-order valence-electron chi connectivity index (χ3n) is 3.22. The molecule has 0 bridgehead atoms. The summed E-state index contributed by atoms with van der Waals surface area (Å²) in [7, 11) is 0. The van der Waals surface area contributed by atoms with Crippen molar-refractivity contribution in [3.63, 3.8) is 0 Å². The molecule has 0 fully saturated rings. The number of carboxylic acid groups (broad SMARTS) is 1. The standard InChI is InChI=1S/C15H11BrClNO2S/c16-10-1-3-13-12(6-10)9(5-15(19)20)7-18(13)8-11-2-4-14(17)21-11/h1-4,6-7H,5,8H2,(H,19,20). The summed E-state index contributed by atoms with van der Waals surface area (Å²) < 4.78 is 3.77. The van der Waals surface area contributed by atoms with E-state index in [4.69, 9.17) is 16.7 Å². The summed E-state index contributed by atoms with van der Waals surface area (Å²) in [6.07, 6.45) is 1.93. The molecule has 0 amide bonds. The lowest BCUT2D eigenvalue weighted by Gasteiger charge is -2.03. The quantitative estimate of drug-likeness (QED) is 0.702. The zero-order valence-corrected chi connectivity index (χ0v) is 14.0. The van der Waals surface area contributed by atoms with Crippen molar-refractivity contribution in [3.05, 3.63) is 55.8 Å². The van der Waals surface area contributed by atoms with Crippen molar-refractivity contribution in [2.45, 2.75) is 13.0 Å². The van der Waals surface area contributed by atoms with Gasteiger partial charge in [-0.3, -0.25) is 4.79 Å². The third-order valence-corrected chi connectivity index (χ3v) is 4.93. The maximum absolute atomic E-state index is 11.0. The normalized spacial score (nSPS) is 11.1. The van der Waals surface area contributed by atoms with Crippen molar-refractivity contribution in [3.8, 4) is 0 Å². The predicted octanol–water partition coefficient (Wildman–Crippen LogP) is 4.79. The first-order chi connectivity index (χ1) is 10.0. The first-order valence-corrected chi connectivity index (χ1v) is 8.25. The van der Waals surface area contributed by atoms with Gasteiger partial charge < -0.3 is 9.67 Å². The molecule has 1 N–H and O–H groups in total. The van der Waals surface area contributed by atoms with Crippen LogP contribution in [0.25, 0.3) is 10.9 Å². The number of fused-ring (bicyclic) bond motifs is 1. The number of rotatable bonds is 4. The molecule has 2 heterocycles. The topological polar surface area (TPSA) is 42.2 Å². The molecule has 0 saturated carbocycles. The van der Waals surface area contributed by atoms with Gasteiger partial charge in [0.05, 0.1) is 17.3 Å². The summed E-state index contributed by atoms with van der Waals surface area (Å²) in [4.78, 5) is 12.2. The monoisotopic (exact) mass is 383 g/mol. The zero-order valence-electron chi connectivity index (χ0n) is 10.8. The second-order valence-electron chi connectivity index (χ2n) is 4.72. The number of aromatic nitrogens is 1. The minimum Gasteiger partial charge on any atom is -0.481 e. The number of halogens is 2. The Balaban J connectivity index is 2.07. The lowest BCUT2D eigenvalue weighted by atomic mass is 10.1. The van der Waals surface area contributed by atoms with E-state index in [-0.39, 0.29) is 6.42 Å². The SMILES string of the molecule is O=C(O)Cc1cn(Cc2ccc(Cl)s2)c2ccc(Br)cc12. The van der Waals surface area contributed by atoms with Crippen molar-refractivity contribution in [1.82, 2.24) is 4.57 Å². The third kappa shape index (κ3) is 3.15. The summed E-state index contributed by atoms with van der Waals surface area (Å²) in [6.45, 7) is 0.690. The fraction of sp³-hybridized carbons (Fsp3) is 0.133. The maximum atomic E-state index is 11.0. The Hall–Kier alpha value is -1.30. The fourth-order valence-electron chi connectivity index (χ4n) is 2.38. The number of thiophene rings is 1. The molecule has 0 aliphatic carbocycles. The van der Waals surface area contributed by atoms with E-state index in [0.717, 1.165) is 30.2 Å². The second-order valence-corrected chi connectivity index (χ2v) is 7.44. The Morgan fingerprint density at radius 2 is 2.14 bits per heavy atom. The van der Waals surface area contributed by atoms with Crippen LogP contribution < -0.4 is 0 Å². The second kappa shape index (κ2) is 5.83. The molecule has 0 radical (unpaired) electrons. The summed E-state index contributed by atoms with van der Waals surface area (Å²) in [5.41, 5.74) is 1.85. The van der Waals surface area contributed by atoms with Gasteiger partial charge in [0, 0.05) is 26.4 Å². The number of benzene rings is 1. The van der Waals surface area contributed by atoms with Gasteiger partial charge in [0.25, 0.3) is 0 Å². The van der Waals surface area contributed by atoms with E-state index in [2.05, 4.69) is 20.5 Å². The number of carbonyl (C=O) groups is 1. The lowest BCUT2D eigenvalue weighted by Crippen LogP contribution is -1.99. The molecule has 3 aromatic rings. The van der Waals surface area contributed by atoms with E-state index >= 15 is 0 Å². The molecule has 0 spiro atoms. The van der Waals surface area contributed by atoms with Gasteiger partial charge in [0.15, 0.2) is 0 Å². The van der Waals surface area contributed by atoms with E-state index in [1.54, 1.807) is 0 Å². The highest BCUT2D eigenvalue weighted by molar-refractivity contribution is 9.10. The largest absolute Gasteiger partial charge is 0.481 e. The molecule has 108 valence electrons. The van der Waals surface area contributed by atoms with Crippen LogP contribution in [0, 0.1) is 0 Å². The fourth-order valence-corrected chi connectivity index (χ4v) is 3.83. The highest BCUT2D eigenvalue weighted by atomic mass is 79.9. The van der Waals surface area contributed by atoms with Crippen molar-refractivity contribution in [2.24, 2.45) is 0 Å². The maximum Gasteiger partial charge on any atom is 0.307 e. The number of hydrogen-bond donors (Lipinski definition) is 1. The van der Waals surface area contributed by atoms with E-state index in [1.807, 2.05) is 36.5 Å². The van der Waals surface area contributed by atoms with Crippen LogP contribution in [0.5, 0.6) is 0 Å². The lowest BCUT2D eigenvalue weighted by molar-refractivity contribution is -0.136. The molecule has 2 aromatic heterocycles. The van der Waals surface area contributed by atoms with E-state index in [9.17, 15) is 4.79 Å². The van der Waals surface area contributed by atoms with Crippen LogP contribution >= 0.6 is 38.9 Å². The van der Waals surface area contributed by atoms with Crippen LogP contribution in [0.1, 0.15) is 10.4 Å². The first-order valence-electron chi connectivity index (χ1n) is 6.26. The van der Waals surface area contributed by atoms with Gasteiger partial charge in [-0.1, -0.05) is 27.5 Å². The smallest absolute Gasteiger partial charge is 0.307 e. The highest BCUT2D eigenvalue weighted by Crippen LogP contribution is 2.28. The summed E-state index contributed by atoms with van der Waals surface area (Å²) in [5, 5.41) is 10.0. The Kier molecular flexibility index (Phi) is 4.06. The molecular formula is C15H11BrClNO2S. The van der Waals surface area contributed by atoms with Crippen molar-refractivity contribution in [1.29, 1.82) is 0 Å². The molecule has 6 heteroatoms. The minimum atomic E-state index is -0.826. The van der Waals surface area contributed by atoms with Gasteiger partial charge in [-0.05, 0) is 35.9 Å². The molecule has 0 atom stereocenters. The number of nitrogens with zero attached hydrogens (tertiary/aromatic N) is 1. The highest BCUT2D eigenvalue weighted by Gasteiger charge is 2.12. The Labute approximate surface area is 138 Å². The van der Waals surface area contributed by atoms with E-state index in [1.165, 1.54) is 11.3 Å². The van der Waals surface area contributed by atoms with Crippen LogP contribution in [0.4, 0.5) is 0 Å². The molecule has 0 unspecified atom stereocenters. The Morgan fingerprint density at radius 1 is 1.33 bits per heavy atom. The van der Waals surface area contributed by atoms with E-state index < -0.39 is 5.97 Å². The molecule has 3 nitrogen and oxygen atoms in total.